The van der Waals surface area contributed by atoms with E-state index < -0.39 is 0 Å². The van der Waals surface area contributed by atoms with E-state index in [1.54, 1.807) is 7.11 Å². The number of amides is 1. The Morgan fingerprint density at radius 2 is 2.23 bits per heavy atom. The van der Waals surface area contributed by atoms with Crippen molar-refractivity contribution in [1.82, 2.24) is 9.88 Å². The lowest BCUT2D eigenvalue weighted by atomic mass is 9.98. The van der Waals surface area contributed by atoms with Gasteiger partial charge in [0, 0.05) is 29.7 Å². The minimum Gasteiger partial charge on any atom is -0.497 e. The molecule has 1 atom stereocenters. The SMILES string of the molecule is CCC1CCCCN1C(=O)c1c(C)[nH]c2cc(OC)ccc12. The highest BCUT2D eigenvalue weighted by molar-refractivity contribution is 6.08. The first kappa shape index (κ1) is 14.9. The van der Waals surface area contributed by atoms with E-state index in [4.69, 9.17) is 4.74 Å². The summed E-state index contributed by atoms with van der Waals surface area (Å²) in [7, 11) is 1.66. The van der Waals surface area contributed by atoms with E-state index in [1.165, 1.54) is 6.42 Å². The fourth-order valence-electron chi connectivity index (χ4n) is 3.55. The highest BCUT2D eigenvalue weighted by Gasteiger charge is 2.28. The van der Waals surface area contributed by atoms with Crippen molar-refractivity contribution in [1.29, 1.82) is 0 Å². The molecule has 4 heteroatoms. The molecule has 0 radical (unpaired) electrons. The highest BCUT2D eigenvalue weighted by Crippen LogP contribution is 2.29. The number of nitrogens with one attached hydrogen (secondary N) is 1. The number of H-pyrrole nitrogens is 1. The fraction of sp³-hybridized carbons (Fsp3) is 0.500. The summed E-state index contributed by atoms with van der Waals surface area (Å²) in [5.41, 5.74) is 2.72. The van der Waals surface area contributed by atoms with Crippen molar-refractivity contribution >= 4 is 16.8 Å². The summed E-state index contributed by atoms with van der Waals surface area (Å²) in [6.07, 6.45) is 4.49. The molecule has 22 heavy (non-hydrogen) atoms. The molecule has 3 rings (SSSR count). The number of rotatable bonds is 3. The minimum atomic E-state index is 0.167. The molecular formula is C18H24N2O2. The Kier molecular flexibility index (Phi) is 4.10. The average molecular weight is 300 g/mol. The molecule has 2 aromatic rings. The van der Waals surface area contributed by atoms with Crippen LogP contribution in [0.1, 0.15) is 48.7 Å². The molecule has 1 unspecified atom stereocenters. The topological polar surface area (TPSA) is 45.3 Å². The van der Waals surface area contributed by atoms with Crippen LogP contribution in [0.25, 0.3) is 10.9 Å². The maximum Gasteiger partial charge on any atom is 0.256 e. The molecule has 1 saturated heterocycles. The number of hydrogen-bond acceptors (Lipinski definition) is 2. The predicted molar refractivity (Wildman–Crippen MR) is 88.6 cm³/mol. The first-order valence-electron chi connectivity index (χ1n) is 8.13. The van der Waals surface area contributed by atoms with Gasteiger partial charge in [-0.15, -0.1) is 0 Å². The second-order valence-corrected chi connectivity index (χ2v) is 6.09. The molecule has 1 aromatic carbocycles. The van der Waals surface area contributed by atoms with Crippen molar-refractivity contribution in [3.63, 3.8) is 0 Å². The average Bonchev–Trinajstić information content (AvgIpc) is 2.88. The summed E-state index contributed by atoms with van der Waals surface area (Å²) in [5, 5.41) is 0.990. The molecule has 1 fully saturated rings. The zero-order valence-electron chi connectivity index (χ0n) is 13.6. The molecule has 2 heterocycles. The molecule has 1 aliphatic heterocycles. The van der Waals surface area contributed by atoms with E-state index in [-0.39, 0.29) is 5.91 Å². The summed E-state index contributed by atoms with van der Waals surface area (Å²) >= 11 is 0. The molecule has 1 aliphatic rings. The van der Waals surface area contributed by atoms with Crippen molar-refractivity contribution in [2.75, 3.05) is 13.7 Å². The Labute approximate surface area is 131 Å². The third-order valence-electron chi connectivity index (χ3n) is 4.77. The van der Waals surface area contributed by atoms with E-state index >= 15 is 0 Å². The second-order valence-electron chi connectivity index (χ2n) is 6.09. The van der Waals surface area contributed by atoms with E-state index in [1.807, 2.05) is 25.1 Å². The largest absolute Gasteiger partial charge is 0.497 e. The van der Waals surface area contributed by atoms with Crippen LogP contribution >= 0.6 is 0 Å². The Morgan fingerprint density at radius 3 is 2.95 bits per heavy atom. The van der Waals surface area contributed by atoms with Gasteiger partial charge in [-0.05, 0) is 44.7 Å². The van der Waals surface area contributed by atoms with Crippen molar-refractivity contribution in [3.8, 4) is 5.75 Å². The van der Waals surface area contributed by atoms with Gasteiger partial charge in [0.25, 0.3) is 5.91 Å². The van der Waals surface area contributed by atoms with E-state index in [0.29, 0.717) is 6.04 Å². The van der Waals surface area contributed by atoms with Crippen LogP contribution in [0.2, 0.25) is 0 Å². The quantitative estimate of drug-likeness (QED) is 0.934. The first-order valence-corrected chi connectivity index (χ1v) is 8.13. The molecule has 4 nitrogen and oxygen atoms in total. The summed E-state index contributed by atoms with van der Waals surface area (Å²) in [6.45, 7) is 5.02. The number of carbonyl (C=O) groups is 1. The van der Waals surface area contributed by atoms with Crippen molar-refractivity contribution in [2.24, 2.45) is 0 Å². The summed E-state index contributed by atoms with van der Waals surface area (Å²) < 4.78 is 5.27. The van der Waals surface area contributed by atoms with E-state index in [9.17, 15) is 4.79 Å². The number of likely N-dealkylation sites (tertiary alicyclic amines) is 1. The van der Waals surface area contributed by atoms with Crippen LogP contribution in [0.15, 0.2) is 18.2 Å². The Bertz CT molecular complexity index is 690. The lowest BCUT2D eigenvalue weighted by molar-refractivity contribution is 0.0609. The number of aromatic amines is 1. The van der Waals surface area contributed by atoms with Crippen LogP contribution in [0.5, 0.6) is 5.75 Å². The predicted octanol–water partition coefficient (Wildman–Crippen LogP) is 3.89. The number of hydrogen-bond donors (Lipinski definition) is 1. The monoisotopic (exact) mass is 300 g/mol. The molecular weight excluding hydrogens is 276 g/mol. The molecule has 0 aliphatic carbocycles. The van der Waals surface area contributed by atoms with Crippen molar-refractivity contribution < 1.29 is 9.53 Å². The molecule has 1 aromatic heterocycles. The maximum atomic E-state index is 13.1. The zero-order valence-corrected chi connectivity index (χ0v) is 13.6. The molecule has 0 saturated carbocycles. The number of nitrogens with zero attached hydrogens (tertiary/aromatic N) is 1. The second kappa shape index (κ2) is 6.03. The smallest absolute Gasteiger partial charge is 0.256 e. The van der Waals surface area contributed by atoms with Gasteiger partial charge < -0.3 is 14.6 Å². The van der Waals surface area contributed by atoms with Gasteiger partial charge in [-0.2, -0.15) is 0 Å². The number of ether oxygens (including phenoxy) is 1. The fourth-order valence-corrected chi connectivity index (χ4v) is 3.55. The number of fused-ring (bicyclic) bond motifs is 1. The van der Waals surface area contributed by atoms with Gasteiger partial charge in [0.05, 0.1) is 18.2 Å². The van der Waals surface area contributed by atoms with Crippen molar-refractivity contribution in [3.05, 3.63) is 29.5 Å². The number of methoxy groups -OCH3 is 1. The lowest BCUT2D eigenvalue weighted by Crippen LogP contribution is -2.43. The van der Waals surface area contributed by atoms with Gasteiger partial charge in [0.2, 0.25) is 0 Å². The number of benzene rings is 1. The van der Waals surface area contributed by atoms with Gasteiger partial charge in [0.1, 0.15) is 5.75 Å². The minimum absolute atomic E-state index is 0.167. The highest BCUT2D eigenvalue weighted by atomic mass is 16.5. The first-order chi connectivity index (χ1) is 10.7. The molecule has 0 bridgehead atoms. The third-order valence-corrected chi connectivity index (χ3v) is 4.77. The van der Waals surface area contributed by atoms with Crippen LogP contribution in [0.3, 0.4) is 0 Å². The van der Waals surface area contributed by atoms with Crippen LogP contribution in [-0.4, -0.2) is 35.5 Å². The summed E-state index contributed by atoms with van der Waals surface area (Å²) in [5.74, 6) is 0.970. The summed E-state index contributed by atoms with van der Waals surface area (Å²) in [6, 6.07) is 6.23. The Morgan fingerprint density at radius 1 is 1.41 bits per heavy atom. The van der Waals surface area contributed by atoms with Gasteiger partial charge in [-0.3, -0.25) is 4.79 Å². The van der Waals surface area contributed by atoms with Crippen LogP contribution < -0.4 is 4.74 Å². The van der Waals surface area contributed by atoms with E-state index in [2.05, 4.69) is 16.8 Å². The molecule has 1 amide bonds. The van der Waals surface area contributed by atoms with Crippen LogP contribution in [0.4, 0.5) is 0 Å². The normalized spacial score (nSPS) is 18.7. The molecule has 118 valence electrons. The standard InChI is InChI=1S/C18H24N2O2/c1-4-13-7-5-6-10-20(13)18(21)17-12(2)19-16-11-14(22-3)8-9-15(16)17/h8-9,11,13,19H,4-7,10H2,1-3H3. The summed E-state index contributed by atoms with van der Waals surface area (Å²) in [4.78, 5) is 18.5. The Hall–Kier alpha value is -1.97. The van der Waals surface area contributed by atoms with Crippen molar-refractivity contribution in [2.45, 2.75) is 45.6 Å². The molecule has 0 spiro atoms. The number of piperidine rings is 1. The van der Waals surface area contributed by atoms with Crippen LogP contribution in [-0.2, 0) is 0 Å². The van der Waals surface area contributed by atoms with Crippen LogP contribution in [0, 0.1) is 6.92 Å². The van der Waals surface area contributed by atoms with Gasteiger partial charge in [0.15, 0.2) is 0 Å². The van der Waals surface area contributed by atoms with Gasteiger partial charge in [-0.1, -0.05) is 6.92 Å². The number of aryl methyl sites for hydroxylation is 1. The Balaban J connectivity index is 2.01. The third kappa shape index (κ3) is 2.47. The maximum absolute atomic E-state index is 13.1. The molecule has 1 N–H and O–H groups in total. The van der Waals surface area contributed by atoms with Gasteiger partial charge in [-0.25, -0.2) is 0 Å². The van der Waals surface area contributed by atoms with E-state index in [0.717, 1.165) is 53.7 Å². The lowest BCUT2D eigenvalue weighted by Gasteiger charge is -2.35. The zero-order chi connectivity index (χ0) is 15.7. The van der Waals surface area contributed by atoms with Gasteiger partial charge >= 0.3 is 0 Å². The number of aromatic nitrogens is 1. The number of carbonyl (C=O) groups excluding carboxylic acids is 1.